The molecule has 0 aliphatic heterocycles. The number of hydrogen-bond acceptors (Lipinski definition) is 2. The fourth-order valence-electron chi connectivity index (χ4n) is 1.97. The number of carbonyl (C=O) groups excluding carboxylic acids is 1. The zero-order chi connectivity index (χ0) is 14.6. The fraction of sp³-hybridized carbons (Fsp3) is 0.429. The van der Waals surface area contributed by atoms with Crippen molar-refractivity contribution in [2.45, 2.75) is 26.8 Å². The van der Waals surface area contributed by atoms with Crippen LogP contribution in [0.5, 0.6) is 0 Å². The monoisotopic (exact) mass is 298 g/mol. The summed E-state index contributed by atoms with van der Waals surface area (Å²) in [6.45, 7) is 5.73. The van der Waals surface area contributed by atoms with Gasteiger partial charge < -0.3 is 11.1 Å². The first-order chi connectivity index (χ1) is 8.84. The van der Waals surface area contributed by atoms with E-state index in [9.17, 15) is 4.79 Å². The van der Waals surface area contributed by atoms with E-state index in [1.54, 1.807) is 6.07 Å². The summed E-state index contributed by atoms with van der Waals surface area (Å²) in [6, 6.07) is 7.24. The molecule has 0 bridgehead atoms. The summed E-state index contributed by atoms with van der Waals surface area (Å²) >= 11 is 11.1. The standard InChI is InChI=1S/C14H19ClN2OS/c1-8(2)12(13(16)19)14(18)17-9(3)10-6-4-5-7-11(10)15/h4-9,12H,1-3H3,(H2,16,19)(H,17,18). The number of rotatable bonds is 5. The molecule has 3 nitrogen and oxygen atoms in total. The molecule has 0 fully saturated rings. The molecule has 0 aliphatic rings. The zero-order valence-corrected chi connectivity index (χ0v) is 12.9. The number of amides is 1. The first-order valence-electron chi connectivity index (χ1n) is 6.18. The van der Waals surface area contributed by atoms with E-state index in [-0.39, 0.29) is 22.9 Å². The van der Waals surface area contributed by atoms with Crippen molar-refractivity contribution < 1.29 is 4.79 Å². The number of thiocarbonyl (C=S) groups is 1. The highest BCUT2D eigenvalue weighted by molar-refractivity contribution is 7.80. The number of benzene rings is 1. The van der Waals surface area contributed by atoms with Crippen LogP contribution in [0.4, 0.5) is 0 Å². The van der Waals surface area contributed by atoms with Crippen LogP contribution in [0.3, 0.4) is 0 Å². The average Bonchev–Trinajstić information content (AvgIpc) is 2.27. The van der Waals surface area contributed by atoms with Crippen LogP contribution in [0.15, 0.2) is 24.3 Å². The van der Waals surface area contributed by atoms with Crippen molar-refractivity contribution in [3.8, 4) is 0 Å². The lowest BCUT2D eigenvalue weighted by atomic mass is 9.94. The van der Waals surface area contributed by atoms with Crippen LogP contribution in [-0.2, 0) is 4.79 Å². The smallest absolute Gasteiger partial charge is 0.230 e. The summed E-state index contributed by atoms with van der Waals surface area (Å²) < 4.78 is 0. The Morgan fingerprint density at radius 3 is 2.37 bits per heavy atom. The van der Waals surface area contributed by atoms with Gasteiger partial charge in [0, 0.05) is 5.02 Å². The molecule has 0 aliphatic carbocycles. The van der Waals surface area contributed by atoms with Gasteiger partial charge in [-0.15, -0.1) is 0 Å². The van der Waals surface area contributed by atoms with Crippen molar-refractivity contribution in [1.82, 2.24) is 5.32 Å². The molecule has 1 aromatic carbocycles. The molecular formula is C14H19ClN2OS. The van der Waals surface area contributed by atoms with Crippen LogP contribution in [0.1, 0.15) is 32.4 Å². The Bertz CT molecular complexity index is 476. The van der Waals surface area contributed by atoms with Gasteiger partial charge in [-0.05, 0) is 24.5 Å². The van der Waals surface area contributed by atoms with Gasteiger partial charge >= 0.3 is 0 Å². The van der Waals surface area contributed by atoms with Gasteiger partial charge in [-0.25, -0.2) is 0 Å². The Kier molecular flexibility index (Phi) is 5.76. The Morgan fingerprint density at radius 2 is 1.89 bits per heavy atom. The normalized spacial score (nSPS) is 13.9. The van der Waals surface area contributed by atoms with Gasteiger partial charge in [0.05, 0.1) is 16.9 Å². The number of nitrogens with one attached hydrogen (secondary N) is 1. The van der Waals surface area contributed by atoms with E-state index < -0.39 is 5.92 Å². The minimum absolute atomic E-state index is 0.0657. The van der Waals surface area contributed by atoms with Gasteiger partial charge in [0.25, 0.3) is 0 Å². The molecule has 104 valence electrons. The van der Waals surface area contributed by atoms with Crippen LogP contribution >= 0.6 is 23.8 Å². The third kappa shape index (κ3) is 4.18. The third-order valence-corrected chi connectivity index (χ3v) is 3.58. The summed E-state index contributed by atoms with van der Waals surface area (Å²) in [6.07, 6.45) is 0. The van der Waals surface area contributed by atoms with E-state index in [0.717, 1.165) is 5.56 Å². The average molecular weight is 299 g/mol. The summed E-state index contributed by atoms with van der Waals surface area (Å²) in [5, 5.41) is 3.54. The number of hydrogen-bond donors (Lipinski definition) is 2. The minimum atomic E-state index is -0.458. The molecule has 19 heavy (non-hydrogen) atoms. The molecule has 0 saturated heterocycles. The number of halogens is 1. The summed E-state index contributed by atoms with van der Waals surface area (Å²) in [5.74, 6) is -0.550. The molecule has 1 rings (SSSR count). The van der Waals surface area contributed by atoms with Crippen molar-refractivity contribution in [1.29, 1.82) is 0 Å². The second kappa shape index (κ2) is 6.87. The summed E-state index contributed by atoms with van der Waals surface area (Å²) in [4.78, 5) is 12.4. The quantitative estimate of drug-likeness (QED) is 0.821. The maximum Gasteiger partial charge on any atom is 0.230 e. The van der Waals surface area contributed by atoms with E-state index in [1.165, 1.54) is 0 Å². The van der Waals surface area contributed by atoms with Gasteiger partial charge in [-0.2, -0.15) is 0 Å². The van der Waals surface area contributed by atoms with Crippen molar-refractivity contribution in [2.75, 3.05) is 0 Å². The largest absolute Gasteiger partial charge is 0.393 e. The van der Waals surface area contributed by atoms with Crippen molar-refractivity contribution in [3.63, 3.8) is 0 Å². The molecule has 3 N–H and O–H groups in total. The van der Waals surface area contributed by atoms with Crippen molar-refractivity contribution >= 4 is 34.7 Å². The minimum Gasteiger partial charge on any atom is -0.393 e. The lowest BCUT2D eigenvalue weighted by molar-refractivity contribution is -0.124. The maximum absolute atomic E-state index is 12.2. The highest BCUT2D eigenvalue weighted by atomic mass is 35.5. The zero-order valence-electron chi connectivity index (χ0n) is 11.3. The van der Waals surface area contributed by atoms with Gasteiger partial charge in [-0.3, -0.25) is 4.79 Å². The first-order valence-corrected chi connectivity index (χ1v) is 6.97. The summed E-state index contributed by atoms with van der Waals surface area (Å²) in [5.41, 5.74) is 6.51. The van der Waals surface area contributed by atoms with Gasteiger partial charge in [0.1, 0.15) is 0 Å². The van der Waals surface area contributed by atoms with E-state index in [1.807, 2.05) is 39.0 Å². The maximum atomic E-state index is 12.2. The van der Waals surface area contributed by atoms with E-state index in [2.05, 4.69) is 5.32 Å². The second-order valence-corrected chi connectivity index (χ2v) is 5.75. The highest BCUT2D eigenvalue weighted by Gasteiger charge is 2.26. The molecule has 0 saturated carbocycles. The molecule has 1 amide bonds. The fourth-order valence-corrected chi connectivity index (χ4v) is 2.65. The topological polar surface area (TPSA) is 55.1 Å². The molecule has 0 heterocycles. The van der Waals surface area contributed by atoms with Gasteiger partial charge in [-0.1, -0.05) is 55.9 Å². The van der Waals surface area contributed by atoms with Crippen LogP contribution in [0.2, 0.25) is 5.02 Å². The van der Waals surface area contributed by atoms with Crippen LogP contribution in [0, 0.1) is 11.8 Å². The molecule has 0 radical (unpaired) electrons. The SMILES string of the molecule is CC(NC(=O)C(C(N)=S)C(C)C)c1ccccc1Cl. The number of nitrogens with two attached hydrogens (primary N) is 1. The van der Waals surface area contributed by atoms with Crippen molar-refractivity contribution in [2.24, 2.45) is 17.6 Å². The third-order valence-electron chi connectivity index (χ3n) is 2.99. The lowest BCUT2D eigenvalue weighted by Gasteiger charge is -2.22. The summed E-state index contributed by atoms with van der Waals surface area (Å²) in [7, 11) is 0. The Labute approximate surface area is 124 Å². The van der Waals surface area contributed by atoms with Gasteiger partial charge in [0.2, 0.25) is 5.91 Å². The highest BCUT2D eigenvalue weighted by Crippen LogP contribution is 2.23. The Balaban J connectivity index is 2.82. The Morgan fingerprint density at radius 1 is 1.32 bits per heavy atom. The number of carbonyl (C=O) groups is 1. The van der Waals surface area contributed by atoms with Crippen LogP contribution in [-0.4, -0.2) is 10.9 Å². The van der Waals surface area contributed by atoms with Gasteiger partial charge in [0.15, 0.2) is 0 Å². The predicted octanol–water partition coefficient (Wildman–Crippen LogP) is 3.08. The first kappa shape index (κ1) is 15.9. The lowest BCUT2D eigenvalue weighted by Crippen LogP contribution is -2.41. The van der Waals surface area contributed by atoms with E-state index in [0.29, 0.717) is 5.02 Å². The molecule has 0 aromatic heterocycles. The van der Waals surface area contributed by atoms with Crippen molar-refractivity contribution in [3.05, 3.63) is 34.9 Å². The molecule has 0 spiro atoms. The second-order valence-electron chi connectivity index (χ2n) is 4.88. The van der Waals surface area contributed by atoms with Crippen LogP contribution in [0.25, 0.3) is 0 Å². The molecule has 2 unspecified atom stereocenters. The van der Waals surface area contributed by atoms with Crippen LogP contribution < -0.4 is 11.1 Å². The molecule has 1 aromatic rings. The molecule has 2 atom stereocenters. The predicted molar refractivity (Wildman–Crippen MR) is 83.1 cm³/mol. The van der Waals surface area contributed by atoms with E-state index >= 15 is 0 Å². The Hall–Kier alpha value is -1.13. The van der Waals surface area contributed by atoms with E-state index in [4.69, 9.17) is 29.6 Å². The molecular weight excluding hydrogens is 280 g/mol. The molecule has 5 heteroatoms.